The first-order chi connectivity index (χ1) is 18.4. The minimum Gasteiger partial charge on any atom is -0.493 e. The summed E-state index contributed by atoms with van der Waals surface area (Å²) in [4.78, 5) is 25.1. The monoisotopic (exact) mass is 527 g/mol. The second-order valence-electron chi connectivity index (χ2n) is 8.29. The number of carbonyl (C=O) groups excluding carboxylic acids is 1. The van der Waals surface area contributed by atoms with Crippen LogP contribution in [0.25, 0.3) is 0 Å². The van der Waals surface area contributed by atoms with Gasteiger partial charge in [-0.1, -0.05) is 6.07 Å². The molecule has 11 nitrogen and oxygen atoms in total. The molecule has 0 spiro atoms. The van der Waals surface area contributed by atoms with Gasteiger partial charge < -0.3 is 33.6 Å². The van der Waals surface area contributed by atoms with E-state index in [2.05, 4.69) is 5.32 Å². The van der Waals surface area contributed by atoms with Gasteiger partial charge in [0.25, 0.3) is 5.91 Å². The number of furan rings is 1. The Morgan fingerprint density at radius 1 is 0.868 bits per heavy atom. The van der Waals surface area contributed by atoms with E-state index >= 15 is 0 Å². The summed E-state index contributed by atoms with van der Waals surface area (Å²) in [6.07, 6.45) is 2.43. The summed E-state index contributed by atoms with van der Waals surface area (Å²) >= 11 is 0. The fraction of sp³-hybridized carbons (Fsp3) is 0.370. The third-order valence-electron chi connectivity index (χ3n) is 5.91. The van der Waals surface area contributed by atoms with Crippen molar-refractivity contribution in [2.45, 2.75) is 19.3 Å². The maximum atomic E-state index is 13.3. The van der Waals surface area contributed by atoms with E-state index in [-0.39, 0.29) is 5.76 Å². The number of anilines is 1. The lowest BCUT2D eigenvalue weighted by atomic mass is 10.1. The minimum atomic E-state index is -0.677. The van der Waals surface area contributed by atoms with Gasteiger partial charge in [-0.15, -0.1) is 0 Å². The molecule has 0 aliphatic carbocycles. The largest absolute Gasteiger partial charge is 0.493 e. The zero-order valence-electron chi connectivity index (χ0n) is 22.0. The molecule has 1 N–H and O–H groups in total. The Labute approximate surface area is 221 Å². The molecule has 0 radical (unpaired) electrons. The fourth-order valence-electron chi connectivity index (χ4n) is 3.96. The molecule has 0 fully saturated rings. The predicted molar refractivity (Wildman–Crippen MR) is 142 cm³/mol. The Morgan fingerprint density at radius 2 is 1.50 bits per heavy atom. The van der Waals surface area contributed by atoms with Crippen LogP contribution in [0.2, 0.25) is 0 Å². The average molecular weight is 528 g/mol. The first-order valence-electron chi connectivity index (χ1n) is 12.1. The number of rotatable bonds is 15. The number of benzene rings is 2. The zero-order chi connectivity index (χ0) is 27.5. The topological polar surface area (TPSA) is 126 Å². The van der Waals surface area contributed by atoms with Crippen molar-refractivity contribution in [2.24, 2.45) is 0 Å². The normalized spacial score (nSPS) is 10.6. The quantitative estimate of drug-likeness (QED) is 0.173. The number of nitrogens with zero attached hydrogens (tertiary/aromatic N) is 2. The number of methoxy groups -OCH3 is 4. The Hall–Kier alpha value is -4.25. The van der Waals surface area contributed by atoms with Crippen LogP contribution in [0.4, 0.5) is 11.6 Å². The maximum Gasteiger partial charge on any atom is 0.433 e. The molecule has 2 aromatic carbocycles. The van der Waals surface area contributed by atoms with Crippen LogP contribution in [0.15, 0.2) is 52.9 Å². The highest BCUT2D eigenvalue weighted by Crippen LogP contribution is 2.32. The summed E-state index contributed by atoms with van der Waals surface area (Å²) in [6, 6.07) is 13.5. The van der Waals surface area contributed by atoms with Gasteiger partial charge in [0.15, 0.2) is 28.8 Å². The average Bonchev–Trinajstić information content (AvgIpc) is 3.44. The van der Waals surface area contributed by atoms with E-state index in [1.807, 2.05) is 18.2 Å². The molecule has 1 aromatic heterocycles. The fourth-order valence-corrected chi connectivity index (χ4v) is 3.96. The first kappa shape index (κ1) is 28.3. The van der Waals surface area contributed by atoms with Crippen LogP contribution >= 0.6 is 0 Å². The third-order valence-corrected chi connectivity index (χ3v) is 5.91. The molecule has 11 heteroatoms. The van der Waals surface area contributed by atoms with Gasteiger partial charge in [-0.25, -0.2) is 0 Å². The highest BCUT2D eigenvalue weighted by atomic mass is 16.6. The smallest absolute Gasteiger partial charge is 0.433 e. The Kier molecular flexibility index (Phi) is 10.4. The summed E-state index contributed by atoms with van der Waals surface area (Å²) in [7, 11) is 6.26. The molecule has 0 unspecified atom stereocenters. The highest BCUT2D eigenvalue weighted by Gasteiger charge is 2.24. The Morgan fingerprint density at radius 3 is 2.13 bits per heavy atom. The van der Waals surface area contributed by atoms with E-state index in [1.54, 1.807) is 32.4 Å². The zero-order valence-corrected chi connectivity index (χ0v) is 22.0. The van der Waals surface area contributed by atoms with Gasteiger partial charge in [-0.2, -0.15) is 0 Å². The number of hydrogen-bond donors (Lipinski definition) is 1. The molecular formula is C27H33N3O8. The molecule has 3 aromatic rings. The molecular weight excluding hydrogens is 494 g/mol. The number of amides is 1. The lowest BCUT2D eigenvalue weighted by Crippen LogP contribution is -2.33. The van der Waals surface area contributed by atoms with Crippen LogP contribution < -0.4 is 29.2 Å². The molecule has 3 rings (SSSR count). The van der Waals surface area contributed by atoms with Crippen LogP contribution in [0, 0.1) is 10.1 Å². The number of nitro groups is 1. The van der Waals surface area contributed by atoms with Crippen LogP contribution in [0.3, 0.4) is 0 Å². The van der Waals surface area contributed by atoms with E-state index < -0.39 is 16.7 Å². The van der Waals surface area contributed by atoms with Crippen molar-refractivity contribution >= 4 is 17.5 Å². The van der Waals surface area contributed by atoms with Crippen molar-refractivity contribution < 1.29 is 33.1 Å². The van der Waals surface area contributed by atoms with Crippen LogP contribution in [0.5, 0.6) is 23.0 Å². The molecule has 0 atom stereocenters. The van der Waals surface area contributed by atoms with Gasteiger partial charge in [-0.05, 0) is 68.2 Å². The van der Waals surface area contributed by atoms with E-state index in [1.165, 1.54) is 31.3 Å². The SMILES string of the molecule is COc1ccc(CCCNCCCN(C(=O)c2ccc([N+](=O)[O-])o2)c2ccc(OC)c(OC)c2)cc1OC. The molecule has 204 valence electrons. The molecule has 38 heavy (non-hydrogen) atoms. The molecule has 0 saturated carbocycles. The van der Waals surface area contributed by atoms with Crippen molar-refractivity contribution in [3.63, 3.8) is 0 Å². The van der Waals surface area contributed by atoms with E-state index in [0.717, 1.165) is 24.9 Å². The van der Waals surface area contributed by atoms with Gasteiger partial charge in [-0.3, -0.25) is 14.9 Å². The van der Waals surface area contributed by atoms with Crippen LogP contribution in [-0.2, 0) is 6.42 Å². The highest BCUT2D eigenvalue weighted by molar-refractivity contribution is 6.04. The number of ether oxygens (including phenoxy) is 4. The van der Waals surface area contributed by atoms with Gasteiger partial charge >= 0.3 is 5.88 Å². The van der Waals surface area contributed by atoms with E-state index in [9.17, 15) is 14.9 Å². The van der Waals surface area contributed by atoms with Crippen LogP contribution in [0.1, 0.15) is 29.0 Å². The second kappa shape index (κ2) is 13.9. The third kappa shape index (κ3) is 7.16. The van der Waals surface area contributed by atoms with Crippen molar-refractivity contribution in [1.29, 1.82) is 0 Å². The summed E-state index contributed by atoms with van der Waals surface area (Å²) in [6.45, 7) is 1.82. The minimum absolute atomic E-state index is 0.116. The number of nitrogens with one attached hydrogen (secondary N) is 1. The van der Waals surface area contributed by atoms with Gasteiger partial charge in [0.1, 0.15) is 4.92 Å². The standard InChI is InChI=1S/C27H33N3O8/c1-34-21-10-8-19(17-24(21)36-3)7-5-14-28-15-6-16-29(20-9-11-22(35-2)25(18-20)37-4)27(31)23-12-13-26(38-23)30(32)33/h8-13,17-18,28H,5-7,14-16H2,1-4H3. The van der Waals surface area contributed by atoms with E-state index in [0.29, 0.717) is 48.2 Å². The van der Waals surface area contributed by atoms with Crippen molar-refractivity contribution in [3.8, 4) is 23.0 Å². The molecule has 1 amide bonds. The molecule has 1 heterocycles. The predicted octanol–water partition coefficient (Wildman–Crippen LogP) is 4.48. The van der Waals surface area contributed by atoms with Crippen molar-refractivity contribution in [2.75, 3.05) is 53.0 Å². The molecule has 0 aliphatic heterocycles. The lowest BCUT2D eigenvalue weighted by molar-refractivity contribution is -0.402. The summed E-state index contributed by atoms with van der Waals surface area (Å²) in [5, 5.41) is 14.4. The van der Waals surface area contributed by atoms with Gasteiger partial charge in [0, 0.05) is 18.3 Å². The second-order valence-corrected chi connectivity index (χ2v) is 8.29. The molecule has 0 aliphatic rings. The van der Waals surface area contributed by atoms with Gasteiger partial charge in [0.05, 0.1) is 34.5 Å². The Balaban J connectivity index is 1.59. The lowest BCUT2D eigenvalue weighted by Gasteiger charge is -2.23. The van der Waals surface area contributed by atoms with Crippen LogP contribution in [-0.4, -0.2) is 58.9 Å². The maximum absolute atomic E-state index is 13.3. The van der Waals surface area contributed by atoms with Crippen molar-refractivity contribution in [3.05, 3.63) is 70.0 Å². The van der Waals surface area contributed by atoms with Crippen molar-refractivity contribution in [1.82, 2.24) is 5.32 Å². The number of hydrogen-bond acceptors (Lipinski definition) is 9. The summed E-state index contributed by atoms with van der Waals surface area (Å²) in [5.74, 6) is 1.30. The van der Waals surface area contributed by atoms with Gasteiger partial charge in [0.2, 0.25) is 0 Å². The van der Waals surface area contributed by atoms with E-state index in [4.69, 9.17) is 23.4 Å². The first-order valence-corrected chi connectivity index (χ1v) is 12.1. The Bertz CT molecular complexity index is 1230. The molecule has 0 bridgehead atoms. The molecule has 0 saturated heterocycles. The number of carbonyl (C=O) groups is 1. The summed E-state index contributed by atoms with van der Waals surface area (Å²) < 4.78 is 26.5. The number of aryl methyl sites for hydroxylation is 1. The summed E-state index contributed by atoms with van der Waals surface area (Å²) in [5.41, 5.74) is 1.71.